The molecule has 0 saturated heterocycles. The van der Waals surface area contributed by atoms with Gasteiger partial charge in [0.1, 0.15) is 0 Å². The lowest BCUT2D eigenvalue weighted by atomic mass is 9.98. The molecular formula is C28H20N2O2+2. The van der Waals surface area contributed by atoms with E-state index in [1.54, 1.807) is 0 Å². The van der Waals surface area contributed by atoms with E-state index in [9.17, 15) is 0 Å². The van der Waals surface area contributed by atoms with Gasteiger partial charge in [-0.3, -0.25) is 0 Å². The zero-order chi connectivity index (χ0) is 21.1. The second-order valence-electron chi connectivity index (χ2n) is 8.21. The van der Waals surface area contributed by atoms with Gasteiger partial charge in [-0.25, -0.2) is 0 Å². The molecular weight excluding hydrogens is 396 g/mol. The lowest BCUT2D eigenvalue weighted by Gasteiger charge is -2.31. The van der Waals surface area contributed by atoms with E-state index in [-0.39, 0.29) is 0 Å². The van der Waals surface area contributed by atoms with Crippen LogP contribution < -0.4 is 9.47 Å². The molecule has 0 aromatic heterocycles. The van der Waals surface area contributed by atoms with Crippen LogP contribution in [0.4, 0.5) is 11.4 Å². The molecule has 4 nitrogen and oxygen atoms in total. The van der Waals surface area contributed by atoms with Gasteiger partial charge in [0.15, 0.2) is 17.7 Å². The SMILES string of the molecule is C1=[N+](c2ccccc2)[C@@]23Oc4ccccc4C(=[N+]2c2ccccc2)Cc2cccc1c2O3. The Kier molecular flexibility index (Phi) is 3.50. The Bertz CT molecular complexity index is 1440. The van der Waals surface area contributed by atoms with Crippen molar-refractivity contribution in [3.63, 3.8) is 0 Å². The maximum absolute atomic E-state index is 6.90. The third kappa shape index (κ3) is 2.32. The smallest absolute Gasteiger partial charge is 0.340 e. The molecule has 152 valence electrons. The van der Waals surface area contributed by atoms with Crippen molar-refractivity contribution in [3.8, 4) is 11.5 Å². The molecule has 3 bridgehead atoms. The van der Waals surface area contributed by atoms with Crippen LogP contribution in [0.5, 0.6) is 11.5 Å². The molecule has 4 aromatic rings. The Morgan fingerprint density at radius 3 is 2.19 bits per heavy atom. The molecule has 3 aliphatic rings. The largest absolute Gasteiger partial charge is 0.715 e. The molecule has 1 spiro atoms. The van der Waals surface area contributed by atoms with Crippen molar-refractivity contribution in [2.45, 2.75) is 12.5 Å². The van der Waals surface area contributed by atoms with Gasteiger partial charge < -0.3 is 9.47 Å². The average Bonchev–Trinajstić information content (AvgIpc) is 2.95. The van der Waals surface area contributed by atoms with E-state index >= 15 is 0 Å². The van der Waals surface area contributed by atoms with Crippen LogP contribution in [0.3, 0.4) is 0 Å². The van der Waals surface area contributed by atoms with Crippen molar-refractivity contribution in [1.82, 2.24) is 0 Å². The highest BCUT2D eigenvalue weighted by Gasteiger charge is 2.69. The Balaban J connectivity index is 1.64. The molecule has 0 radical (unpaired) electrons. The van der Waals surface area contributed by atoms with Crippen LogP contribution >= 0.6 is 0 Å². The summed E-state index contributed by atoms with van der Waals surface area (Å²) >= 11 is 0. The first-order valence-corrected chi connectivity index (χ1v) is 10.8. The molecule has 3 heterocycles. The number of rotatable bonds is 2. The minimum atomic E-state index is -1.22. The van der Waals surface area contributed by atoms with Crippen LogP contribution in [0.25, 0.3) is 0 Å². The molecule has 0 aliphatic carbocycles. The first-order valence-electron chi connectivity index (χ1n) is 10.8. The summed E-state index contributed by atoms with van der Waals surface area (Å²) in [5.41, 5.74) is 6.46. The predicted octanol–water partition coefficient (Wildman–Crippen LogP) is 5.24. The molecule has 0 fully saturated rings. The van der Waals surface area contributed by atoms with Crippen LogP contribution in [0, 0.1) is 0 Å². The van der Waals surface area contributed by atoms with Crippen LogP contribution in [0.2, 0.25) is 0 Å². The third-order valence-corrected chi connectivity index (χ3v) is 6.33. The van der Waals surface area contributed by atoms with Gasteiger partial charge >= 0.3 is 6.03 Å². The van der Waals surface area contributed by atoms with Gasteiger partial charge in [-0.15, -0.1) is 0 Å². The van der Waals surface area contributed by atoms with Crippen molar-refractivity contribution >= 4 is 23.3 Å². The summed E-state index contributed by atoms with van der Waals surface area (Å²) in [7, 11) is 0. The molecule has 32 heavy (non-hydrogen) atoms. The molecule has 0 unspecified atom stereocenters. The molecule has 1 atom stereocenters. The van der Waals surface area contributed by atoms with E-state index in [1.807, 2.05) is 36.4 Å². The molecule has 0 N–H and O–H groups in total. The second kappa shape index (κ2) is 6.41. The van der Waals surface area contributed by atoms with Crippen LogP contribution in [-0.2, 0) is 6.42 Å². The monoisotopic (exact) mass is 416 g/mol. The Hall–Kier alpha value is -4.18. The van der Waals surface area contributed by atoms with E-state index in [0.29, 0.717) is 0 Å². The predicted molar refractivity (Wildman–Crippen MR) is 123 cm³/mol. The number of benzene rings is 4. The summed E-state index contributed by atoms with van der Waals surface area (Å²) in [5, 5.41) is 0. The molecule has 0 amide bonds. The van der Waals surface area contributed by atoms with E-state index in [4.69, 9.17) is 9.47 Å². The topological polar surface area (TPSA) is 24.5 Å². The highest BCUT2D eigenvalue weighted by Crippen LogP contribution is 2.45. The van der Waals surface area contributed by atoms with Crippen molar-refractivity contribution < 1.29 is 18.6 Å². The first-order chi connectivity index (χ1) is 15.8. The minimum absolute atomic E-state index is 0.747. The molecule has 4 heteroatoms. The third-order valence-electron chi connectivity index (χ3n) is 6.33. The number of ether oxygens (including phenoxy) is 2. The lowest BCUT2D eigenvalue weighted by molar-refractivity contribution is -0.856. The summed E-state index contributed by atoms with van der Waals surface area (Å²) < 4.78 is 18.0. The fourth-order valence-electron chi connectivity index (χ4n) is 4.95. The fraction of sp³-hybridized carbons (Fsp3) is 0.0714. The molecule has 7 rings (SSSR count). The standard InChI is InChI=1S/C28H20N2O2/c1-3-12-22(13-4-1)29-19-21-11-9-10-20-18-25-24-16-7-8-17-26(24)31-28(29,32-27(20)21)30(25)23-14-5-2-6-15-23/h1-17,19H,18H2/q+2/t28-/m0/s1. The molecule has 4 aromatic carbocycles. The second-order valence-corrected chi connectivity index (χ2v) is 8.21. The van der Waals surface area contributed by atoms with Crippen LogP contribution in [0.15, 0.2) is 103 Å². The van der Waals surface area contributed by atoms with Gasteiger partial charge in [-0.2, -0.15) is 0 Å². The van der Waals surface area contributed by atoms with E-state index in [0.717, 1.165) is 51.7 Å². The van der Waals surface area contributed by atoms with Crippen LogP contribution in [0.1, 0.15) is 16.7 Å². The van der Waals surface area contributed by atoms with Gasteiger partial charge in [0.2, 0.25) is 17.1 Å². The van der Waals surface area contributed by atoms with Gasteiger partial charge in [0, 0.05) is 29.8 Å². The lowest BCUT2D eigenvalue weighted by Crippen LogP contribution is -2.62. The quantitative estimate of drug-likeness (QED) is 0.418. The maximum atomic E-state index is 6.90. The average molecular weight is 416 g/mol. The molecule has 0 saturated carbocycles. The van der Waals surface area contributed by atoms with Crippen molar-refractivity contribution in [2.75, 3.05) is 0 Å². The highest BCUT2D eigenvalue weighted by atomic mass is 16.7. The Labute approximate surface area is 185 Å². The van der Waals surface area contributed by atoms with Crippen molar-refractivity contribution in [3.05, 3.63) is 120 Å². The summed E-state index contributed by atoms with van der Waals surface area (Å²) in [5.74, 6) is 1.70. The number of hydrogen-bond acceptors (Lipinski definition) is 2. The normalized spacial score (nSPS) is 19.8. The van der Waals surface area contributed by atoms with Gasteiger partial charge in [-0.1, -0.05) is 65.2 Å². The summed E-state index contributed by atoms with van der Waals surface area (Å²) in [4.78, 5) is 0. The van der Waals surface area contributed by atoms with E-state index in [2.05, 4.69) is 82.1 Å². The van der Waals surface area contributed by atoms with E-state index < -0.39 is 6.03 Å². The first kappa shape index (κ1) is 17.5. The van der Waals surface area contributed by atoms with Crippen molar-refractivity contribution in [1.29, 1.82) is 0 Å². The number of fused-ring (bicyclic) bond motifs is 2. The van der Waals surface area contributed by atoms with E-state index in [1.165, 1.54) is 0 Å². The Morgan fingerprint density at radius 1 is 0.656 bits per heavy atom. The van der Waals surface area contributed by atoms with Gasteiger partial charge in [0.05, 0.1) is 17.5 Å². The maximum Gasteiger partial charge on any atom is 0.715 e. The number of nitrogens with zero attached hydrogens (tertiary/aromatic N) is 2. The van der Waals surface area contributed by atoms with Crippen LogP contribution in [-0.4, -0.2) is 27.1 Å². The summed E-state index contributed by atoms with van der Waals surface area (Å²) in [6, 6.07) is 34.0. The van der Waals surface area contributed by atoms with Gasteiger partial charge in [0.25, 0.3) is 0 Å². The zero-order valence-electron chi connectivity index (χ0n) is 17.3. The van der Waals surface area contributed by atoms with Gasteiger partial charge in [-0.05, 0) is 22.8 Å². The number of para-hydroxylation sites is 4. The Morgan fingerprint density at radius 2 is 1.38 bits per heavy atom. The molecule has 3 aliphatic heterocycles. The fourth-order valence-corrected chi connectivity index (χ4v) is 4.95. The summed E-state index contributed by atoms with van der Waals surface area (Å²) in [6.07, 6.45) is 2.89. The zero-order valence-corrected chi connectivity index (χ0v) is 17.3. The highest BCUT2D eigenvalue weighted by molar-refractivity contribution is 6.03. The van der Waals surface area contributed by atoms with Crippen molar-refractivity contribution in [2.24, 2.45) is 0 Å². The number of hydrogen-bond donors (Lipinski definition) is 0. The summed E-state index contributed by atoms with van der Waals surface area (Å²) in [6.45, 7) is 0. The minimum Gasteiger partial charge on any atom is -0.340 e.